The van der Waals surface area contributed by atoms with Gasteiger partial charge in [0.25, 0.3) is 5.95 Å². The molecule has 0 aliphatic heterocycles. The van der Waals surface area contributed by atoms with Gasteiger partial charge in [-0.05, 0) is 39.7 Å². The zero-order valence-electron chi connectivity index (χ0n) is 14.8. The van der Waals surface area contributed by atoms with E-state index in [2.05, 4.69) is 26.5 Å². The van der Waals surface area contributed by atoms with E-state index in [1.54, 1.807) is 6.92 Å². The maximum absolute atomic E-state index is 12.7. The third-order valence-electron chi connectivity index (χ3n) is 4.55. The van der Waals surface area contributed by atoms with Crippen molar-refractivity contribution in [1.29, 1.82) is 5.26 Å². The minimum atomic E-state index is -0.0540. The zero-order valence-corrected chi connectivity index (χ0v) is 14.8. The Labute approximate surface area is 147 Å². The summed E-state index contributed by atoms with van der Waals surface area (Å²) in [5, 5.41) is 16.8. The van der Waals surface area contributed by atoms with Crippen molar-refractivity contribution < 1.29 is 4.79 Å². The first-order valence-electron chi connectivity index (χ1n) is 8.63. The van der Waals surface area contributed by atoms with Crippen LogP contribution in [-0.2, 0) is 4.79 Å². The molecule has 0 radical (unpaired) electrons. The van der Waals surface area contributed by atoms with Gasteiger partial charge in [0, 0.05) is 17.3 Å². The average molecular weight is 338 g/mol. The summed E-state index contributed by atoms with van der Waals surface area (Å²) in [6.45, 7) is 5.49. The molecule has 0 bridgehead atoms. The summed E-state index contributed by atoms with van der Waals surface area (Å²) in [6, 6.07) is 4.00. The van der Waals surface area contributed by atoms with Gasteiger partial charge >= 0.3 is 0 Å². The van der Waals surface area contributed by atoms with Crippen molar-refractivity contribution in [1.82, 2.24) is 19.7 Å². The Morgan fingerprint density at radius 3 is 2.44 bits per heavy atom. The molecule has 1 aliphatic rings. The van der Waals surface area contributed by atoms with Crippen LogP contribution in [0.1, 0.15) is 54.7 Å². The Balaban J connectivity index is 1.99. The predicted octanol–water partition coefficient (Wildman–Crippen LogP) is 2.98. The van der Waals surface area contributed by atoms with Gasteiger partial charge < -0.3 is 5.32 Å². The molecule has 130 valence electrons. The molecule has 7 nitrogen and oxygen atoms in total. The average Bonchev–Trinajstić information content (AvgIpc) is 2.90. The number of aryl methyl sites for hydroxylation is 3. The van der Waals surface area contributed by atoms with Gasteiger partial charge in [-0.3, -0.25) is 4.79 Å². The molecule has 1 N–H and O–H groups in total. The lowest BCUT2D eigenvalue weighted by Crippen LogP contribution is -2.26. The van der Waals surface area contributed by atoms with E-state index in [1.807, 2.05) is 19.9 Å². The number of hydrogen-bond donors (Lipinski definition) is 1. The molecule has 1 aliphatic carbocycles. The third-order valence-corrected chi connectivity index (χ3v) is 4.55. The molecule has 0 saturated heterocycles. The molecular formula is C18H22N6O. The molecule has 25 heavy (non-hydrogen) atoms. The van der Waals surface area contributed by atoms with E-state index in [4.69, 9.17) is 0 Å². The lowest BCUT2D eigenvalue weighted by molar-refractivity contribution is -0.120. The minimum Gasteiger partial charge on any atom is -0.309 e. The number of nitrogens with one attached hydrogen (secondary N) is 1. The van der Waals surface area contributed by atoms with E-state index < -0.39 is 0 Å². The molecular weight excluding hydrogens is 316 g/mol. The van der Waals surface area contributed by atoms with Gasteiger partial charge in [0.1, 0.15) is 11.6 Å². The van der Waals surface area contributed by atoms with Crippen molar-refractivity contribution in [3.05, 3.63) is 28.7 Å². The van der Waals surface area contributed by atoms with Gasteiger partial charge in [-0.2, -0.15) is 15.0 Å². The summed E-state index contributed by atoms with van der Waals surface area (Å²) in [7, 11) is 0. The van der Waals surface area contributed by atoms with Gasteiger partial charge in [0.15, 0.2) is 5.82 Å². The Bertz CT molecular complexity index is 822. The molecule has 0 spiro atoms. The molecule has 0 atom stereocenters. The van der Waals surface area contributed by atoms with Gasteiger partial charge in [-0.1, -0.05) is 19.3 Å². The van der Waals surface area contributed by atoms with Crippen LogP contribution < -0.4 is 5.32 Å². The molecule has 1 fully saturated rings. The fourth-order valence-electron chi connectivity index (χ4n) is 3.31. The van der Waals surface area contributed by atoms with E-state index in [9.17, 15) is 10.1 Å². The number of amides is 1. The monoisotopic (exact) mass is 338 g/mol. The van der Waals surface area contributed by atoms with Crippen LogP contribution in [0.4, 0.5) is 5.82 Å². The minimum absolute atomic E-state index is 0.0101. The highest BCUT2D eigenvalue weighted by molar-refractivity contribution is 5.93. The highest BCUT2D eigenvalue weighted by atomic mass is 16.2. The van der Waals surface area contributed by atoms with Crippen LogP contribution in [0.15, 0.2) is 6.07 Å². The number of rotatable bonds is 3. The van der Waals surface area contributed by atoms with Gasteiger partial charge in [0.05, 0.1) is 5.69 Å². The molecule has 2 aromatic rings. The first-order chi connectivity index (χ1) is 12.0. The molecule has 1 saturated carbocycles. The standard InChI is InChI=1S/C18H22N6O/c1-11-9-12(2)21-18(20-11)24-16(15(10-19)13(3)23-24)22-17(25)14-7-5-4-6-8-14/h9,14H,4-8H2,1-3H3,(H,22,25). The summed E-state index contributed by atoms with van der Waals surface area (Å²) in [4.78, 5) is 21.5. The lowest BCUT2D eigenvalue weighted by atomic mass is 9.88. The van der Waals surface area contributed by atoms with Gasteiger partial charge in [-0.15, -0.1) is 0 Å². The first kappa shape index (κ1) is 17.1. The number of anilines is 1. The fraction of sp³-hybridized carbons (Fsp3) is 0.500. The number of nitrogens with zero attached hydrogens (tertiary/aromatic N) is 5. The number of carbonyl (C=O) groups is 1. The second-order valence-corrected chi connectivity index (χ2v) is 6.61. The van der Waals surface area contributed by atoms with Crippen LogP contribution in [0.5, 0.6) is 0 Å². The lowest BCUT2D eigenvalue weighted by Gasteiger charge is -2.21. The largest absolute Gasteiger partial charge is 0.309 e. The number of nitriles is 1. The fourth-order valence-corrected chi connectivity index (χ4v) is 3.31. The molecule has 2 heterocycles. The highest BCUT2D eigenvalue weighted by Gasteiger charge is 2.25. The molecule has 0 unspecified atom stereocenters. The van der Waals surface area contributed by atoms with Crippen molar-refractivity contribution in [2.45, 2.75) is 52.9 Å². The first-order valence-corrected chi connectivity index (χ1v) is 8.63. The molecule has 7 heteroatoms. The van der Waals surface area contributed by atoms with E-state index in [1.165, 1.54) is 11.1 Å². The molecule has 2 aromatic heterocycles. The van der Waals surface area contributed by atoms with Gasteiger partial charge in [-0.25, -0.2) is 9.97 Å². The van der Waals surface area contributed by atoms with E-state index >= 15 is 0 Å². The van der Waals surface area contributed by atoms with Crippen molar-refractivity contribution in [3.63, 3.8) is 0 Å². The molecule has 0 aromatic carbocycles. The topological polar surface area (TPSA) is 96.5 Å². The normalized spacial score (nSPS) is 15.0. The van der Waals surface area contributed by atoms with Crippen LogP contribution in [0, 0.1) is 38.0 Å². The van der Waals surface area contributed by atoms with Crippen LogP contribution in [-0.4, -0.2) is 25.7 Å². The van der Waals surface area contributed by atoms with Gasteiger partial charge in [0.2, 0.25) is 5.91 Å². The number of hydrogen-bond acceptors (Lipinski definition) is 5. The number of carbonyl (C=O) groups excluding carboxylic acids is 1. The molecule has 3 rings (SSSR count). The van der Waals surface area contributed by atoms with E-state index in [0.29, 0.717) is 23.0 Å². The van der Waals surface area contributed by atoms with E-state index in [0.717, 1.165) is 37.1 Å². The SMILES string of the molecule is Cc1cc(C)nc(-n2nc(C)c(C#N)c2NC(=O)C2CCCCC2)n1. The summed E-state index contributed by atoms with van der Waals surface area (Å²) in [6.07, 6.45) is 5.10. The smallest absolute Gasteiger partial charge is 0.252 e. The second kappa shape index (κ2) is 7.01. The summed E-state index contributed by atoms with van der Waals surface area (Å²) >= 11 is 0. The maximum atomic E-state index is 12.7. The van der Waals surface area contributed by atoms with Crippen molar-refractivity contribution >= 4 is 11.7 Å². The van der Waals surface area contributed by atoms with Crippen molar-refractivity contribution in [3.8, 4) is 12.0 Å². The molecule has 1 amide bonds. The summed E-state index contributed by atoms with van der Waals surface area (Å²) < 4.78 is 1.47. The Morgan fingerprint density at radius 1 is 1.20 bits per heavy atom. The number of aromatic nitrogens is 4. The van der Waals surface area contributed by atoms with E-state index in [-0.39, 0.29) is 11.8 Å². The van der Waals surface area contributed by atoms with Crippen molar-refractivity contribution in [2.75, 3.05) is 5.32 Å². The van der Waals surface area contributed by atoms with Crippen LogP contribution >= 0.6 is 0 Å². The Hall–Kier alpha value is -2.75. The predicted molar refractivity (Wildman–Crippen MR) is 93.3 cm³/mol. The quantitative estimate of drug-likeness (QED) is 0.928. The third kappa shape index (κ3) is 3.53. The summed E-state index contributed by atoms with van der Waals surface area (Å²) in [5.41, 5.74) is 2.51. The van der Waals surface area contributed by atoms with Crippen LogP contribution in [0.25, 0.3) is 5.95 Å². The zero-order chi connectivity index (χ0) is 18.0. The Kier molecular flexibility index (Phi) is 4.79. The second-order valence-electron chi connectivity index (χ2n) is 6.61. The van der Waals surface area contributed by atoms with Crippen molar-refractivity contribution in [2.24, 2.45) is 5.92 Å². The Morgan fingerprint density at radius 2 is 1.84 bits per heavy atom. The van der Waals surface area contributed by atoms with Crippen LogP contribution in [0.2, 0.25) is 0 Å². The maximum Gasteiger partial charge on any atom is 0.252 e. The summed E-state index contributed by atoms with van der Waals surface area (Å²) in [5.74, 6) is 0.660. The highest BCUT2D eigenvalue weighted by Crippen LogP contribution is 2.27. The van der Waals surface area contributed by atoms with Crippen LogP contribution in [0.3, 0.4) is 0 Å².